The minimum Gasteiger partial charge on any atom is -0.396 e. The van der Waals surface area contributed by atoms with Gasteiger partial charge in [-0.3, -0.25) is 4.90 Å². The first-order valence-electron chi connectivity index (χ1n) is 6.91. The molecule has 1 aliphatic carbocycles. The van der Waals surface area contributed by atoms with Gasteiger partial charge in [-0.1, -0.05) is 30.1 Å². The van der Waals surface area contributed by atoms with Gasteiger partial charge in [0.1, 0.15) is 0 Å². The molecule has 0 amide bonds. The summed E-state index contributed by atoms with van der Waals surface area (Å²) in [6.45, 7) is 3.22. The summed E-state index contributed by atoms with van der Waals surface area (Å²) < 4.78 is 0. The van der Waals surface area contributed by atoms with E-state index in [2.05, 4.69) is 18.9 Å². The van der Waals surface area contributed by atoms with Gasteiger partial charge in [-0.2, -0.15) is 0 Å². The lowest BCUT2D eigenvalue weighted by Crippen LogP contribution is -2.34. The Kier molecular flexibility index (Phi) is 4.99. The van der Waals surface area contributed by atoms with Crippen molar-refractivity contribution >= 4 is 28.9 Å². The number of rotatable bonds is 3. The molecule has 0 spiro atoms. The molecule has 2 nitrogen and oxygen atoms in total. The van der Waals surface area contributed by atoms with Crippen LogP contribution in [0, 0.1) is 5.92 Å². The van der Waals surface area contributed by atoms with E-state index in [-0.39, 0.29) is 0 Å². The van der Waals surface area contributed by atoms with Crippen molar-refractivity contribution in [2.45, 2.75) is 45.2 Å². The highest BCUT2D eigenvalue weighted by molar-refractivity contribution is 6.38. The second-order valence-corrected chi connectivity index (χ2v) is 6.62. The van der Waals surface area contributed by atoms with Crippen LogP contribution in [0.4, 0.5) is 5.69 Å². The number of anilines is 1. The highest BCUT2D eigenvalue weighted by atomic mass is 35.5. The summed E-state index contributed by atoms with van der Waals surface area (Å²) in [5.74, 6) is 0.880. The summed E-state index contributed by atoms with van der Waals surface area (Å²) in [7, 11) is 2.18. The van der Waals surface area contributed by atoms with Crippen LogP contribution in [0.3, 0.4) is 0 Å². The first-order chi connectivity index (χ1) is 8.97. The lowest BCUT2D eigenvalue weighted by Gasteiger charge is -2.33. The summed E-state index contributed by atoms with van der Waals surface area (Å²) in [6, 6.07) is 4.52. The molecule has 1 aromatic carbocycles. The predicted octanol–water partition coefficient (Wildman–Crippen LogP) is 4.59. The van der Waals surface area contributed by atoms with Crippen LogP contribution in [0.2, 0.25) is 10.0 Å². The molecule has 4 heteroatoms. The third-order valence-corrected chi connectivity index (χ3v) is 4.80. The fourth-order valence-corrected chi connectivity index (χ4v) is 3.36. The summed E-state index contributed by atoms with van der Waals surface area (Å²) in [4.78, 5) is 2.41. The molecule has 1 aromatic rings. The van der Waals surface area contributed by atoms with Crippen LogP contribution >= 0.6 is 23.2 Å². The van der Waals surface area contributed by atoms with Gasteiger partial charge in [-0.15, -0.1) is 0 Å². The molecule has 0 bridgehead atoms. The number of nitrogen functional groups attached to an aromatic ring is 1. The highest BCUT2D eigenvalue weighted by Crippen LogP contribution is 2.31. The third kappa shape index (κ3) is 3.77. The second-order valence-electron chi connectivity index (χ2n) is 5.80. The van der Waals surface area contributed by atoms with E-state index in [4.69, 9.17) is 28.9 Å². The van der Waals surface area contributed by atoms with Crippen LogP contribution in [0.25, 0.3) is 0 Å². The van der Waals surface area contributed by atoms with Gasteiger partial charge in [0, 0.05) is 12.6 Å². The predicted molar refractivity (Wildman–Crippen MR) is 83.8 cm³/mol. The number of hydrogen-bond acceptors (Lipinski definition) is 2. The standard InChI is InChI=1S/C15H22Cl2N2/c1-10-3-5-12(6-4-10)19(2)9-11-7-13(16)15(18)14(17)8-11/h7-8,10,12H,3-6,9,18H2,1-2H3. The average Bonchev–Trinajstić information content (AvgIpc) is 2.36. The van der Waals surface area contributed by atoms with Crippen molar-refractivity contribution in [3.8, 4) is 0 Å². The maximum atomic E-state index is 6.08. The minimum atomic E-state index is 0.473. The van der Waals surface area contributed by atoms with Gasteiger partial charge < -0.3 is 5.73 Å². The van der Waals surface area contributed by atoms with Crippen molar-refractivity contribution in [3.63, 3.8) is 0 Å². The fraction of sp³-hybridized carbons (Fsp3) is 0.600. The topological polar surface area (TPSA) is 29.3 Å². The van der Waals surface area contributed by atoms with Gasteiger partial charge in [0.15, 0.2) is 0 Å². The van der Waals surface area contributed by atoms with Crippen molar-refractivity contribution in [2.75, 3.05) is 12.8 Å². The summed E-state index contributed by atoms with van der Waals surface area (Å²) in [6.07, 6.45) is 5.23. The Hall–Kier alpha value is -0.440. The van der Waals surface area contributed by atoms with E-state index >= 15 is 0 Å². The van der Waals surface area contributed by atoms with Crippen molar-refractivity contribution < 1.29 is 0 Å². The fourth-order valence-electron chi connectivity index (χ4n) is 2.83. The quantitative estimate of drug-likeness (QED) is 0.828. The Bertz CT molecular complexity index is 417. The third-order valence-electron chi connectivity index (χ3n) is 4.18. The van der Waals surface area contributed by atoms with Crippen molar-refractivity contribution in [1.29, 1.82) is 0 Å². The Morgan fingerprint density at radius 3 is 2.21 bits per heavy atom. The lowest BCUT2D eigenvalue weighted by atomic mass is 9.86. The van der Waals surface area contributed by atoms with Crippen LogP contribution in [0.15, 0.2) is 12.1 Å². The van der Waals surface area contributed by atoms with E-state index in [9.17, 15) is 0 Å². The zero-order valence-corrected chi connectivity index (χ0v) is 13.1. The summed E-state index contributed by atoms with van der Waals surface area (Å²) >= 11 is 12.2. The molecule has 1 aliphatic rings. The zero-order chi connectivity index (χ0) is 14.0. The summed E-state index contributed by atoms with van der Waals surface area (Å²) in [5, 5.41) is 1.10. The molecule has 1 fully saturated rings. The van der Waals surface area contributed by atoms with Gasteiger partial charge in [0.2, 0.25) is 0 Å². The maximum absolute atomic E-state index is 6.08. The molecule has 0 saturated heterocycles. The van der Waals surface area contributed by atoms with Gasteiger partial charge in [0.05, 0.1) is 15.7 Å². The van der Waals surface area contributed by atoms with E-state index in [1.165, 1.54) is 25.7 Å². The van der Waals surface area contributed by atoms with Crippen LogP contribution < -0.4 is 5.73 Å². The Labute approximate surface area is 125 Å². The molecule has 0 aliphatic heterocycles. The second kappa shape index (κ2) is 6.34. The van der Waals surface area contributed by atoms with E-state index in [1.807, 2.05) is 12.1 Å². The first-order valence-corrected chi connectivity index (χ1v) is 7.66. The minimum absolute atomic E-state index is 0.473. The number of hydrogen-bond donors (Lipinski definition) is 1. The molecule has 0 unspecified atom stereocenters. The number of nitrogens with zero attached hydrogens (tertiary/aromatic N) is 1. The molecule has 106 valence electrons. The smallest absolute Gasteiger partial charge is 0.0693 e. The van der Waals surface area contributed by atoms with Crippen LogP contribution in [0.1, 0.15) is 38.2 Å². The zero-order valence-electron chi connectivity index (χ0n) is 11.6. The number of nitrogens with two attached hydrogens (primary N) is 1. The molecular formula is C15H22Cl2N2. The molecule has 1 saturated carbocycles. The molecular weight excluding hydrogens is 279 g/mol. The Morgan fingerprint density at radius 2 is 1.68 bits per heavy atom. The molecule has 0 aromatic heterocycles. The molecule has 2 rings (SSSR count). The van der Waals surface area contributed by atoms with Crippen LogP contribution in [-0.2, 0) is 6.54 Å². The molecule has 2 N–H and O–H groups in total. The van der Waals surface area contributed by atoms with Crippen molar-refractivity contribution in [1.82, 2.24) is 4.90 Å². The molecule has 0 atom stereocenters. The molecule has 0 radical (unpaired) electrons. The summed E-state index contributed by atoms with van der Waals surface area (Å²) in [5.41, 5.74) is 7.37. The Balaban J connectivity index is 2.00. The van der Waals surface area contributed by atoms with Crippen molar-refractivity contribution in [3.05, 3.63) is 27.7 Å². The lowest BCUT2D eigenvalue weighted by molar-refractivity contribution is 0.164. The van der Waals surface area contributed by atoms with Gasteiger partial charge in [-0.25, -0.2) is 0 Å². The maximum Gasteiger partial charge on any atom is 0.0693 e. The Morgan fingerprint density at radius 1 is 1.16 bits per heavy atom. The average molecular weight is 301 g/mol. The first kappa shape index (κ1) is 15.0. The van der Waals surface area contributed by atoms with E-state index in [0.29, 0.717) is 21.8 Å². The number of benzene rings is 1. The van der Waals surface area contributed by atoms with Gasteiger partial charge in [-0.05, 0) is 56.3 Å². The normalized spacial score (nSPS) is 23.8. The van der Waals surface area contributed by atoms with Crippen LogP contribution in [0.5, 0.6) is 0 Å². The number of halogens is 2. The molecule has 19 heavy (non-hydrogen) atoms. The monoisotopic (exact) mass is 300 g/mol. The SMILES string of the molecule is CC1CCC(N(C)Cc2cc(Cl)c(N)c(Cl)c2)CC1. The van der Waals surface area contributed by atoms with E-state index in [0.717, 1.165) is 18.0 Å². The largest absolute Gasteiger partial charge is 0.396 e. The van der Waals surface area contributed by atoms with Gasteiger partial charge in [0.25, 0.3) is 0 Å². The van der Waals surface area contributed by atoms with Crippen molar-refractivity contribution in [2.24, 2.45) is 5.92 Å². The molecule has 0 heterocycles. The van der Waals surface area contributed by atoms with Gasteiger partial charge >= 0.3 is 0 Å². The van der Waals surface area contributed by atoms with Crippen LogP contribution in [-0.4, -0.2) is 18.0 Å². The van der Waals surface area contributed by atoms with E-state index < -0.39 is 0 Å². The van der Waals surface area contributed by atoms with E-state index in [1.54, 1.807) is 0 Å². The highest BCUT2D eigenvalue weighted by Gasteiger charge is 2.21.